The molecule has 0 spiro atoms. The fraction of sp³-hybridized carbons (Fsp3) is 0.750. The number of nitrogens with zero attached hydrogens (tertiary/aromatic N) is 2. The Morgan fingerprint density at radius 3 is 3.00 bits per heavy atom. The van der Waals surface area contributed by atoms with Crippen molar-refractivity contribution in [2.75, 3.05) is 18.9 Å². The highest BCUT2D eigenvalue weighted by atomic mass is 16.5. The van der Waals surface area contributed by atoms with Gasteiger partial charge in [-0.3, -0.25) is 4.68 Å². The topological polar surface area (TPSA) is 53.1 Å². The highest BCUT2D eigenvalue weighted by molar-refractivity contribution is 5.45. The van der Waals surface area contributed by atoms with Crippen LogP contribution in [0, 0.1) is 0 Å². The summed E-state index contributed by atoms with van der Waals surface area (Å²) in [4.78, 5) is 0. The lowest BCUT2D eigenvalue weighted by atomic mass is 9.94. The third kappa shape index (κ3) is 2.07. The van der Waals surface area contributed by atoms with Crippen molar-refractivity contribution in [3.63, 3.8) is 0 Å². The van der Waals surface area contributed by atoms with Crippen molar-refractivity contribution in [1.29, 1.82) is 0 Å². The SMILES string of the molecule is CCCc1c(C2CCCOC2)nn(C)c1N. The second-order valence-electron chi connectivity index (χ2n) is 4.54. The molecule has 1 saturated heterocycles. The summed E-state index contributed by atoms with van der Waals surface area (Å²) in [5.41, 5.74) is 8.46. The minimum absolute atomic E-state index is 0.443. The van der Waals surface area contributed by atoms with Crippen molar-refractivity contribution >= 4 is 5.82 Å². The fourth-order valence-corrected chi connectivity index (χ4v) is 2.39. The smallest absolute Gasteiger partial charge is 0.124 e. The van der Waals surface area contributed by atoms with Crippen molar-refractivity contribution in [2.45, 2.75) is 38.5 Å². The van der Waals surface area contributed by atoms with E-state index < -0.39 is 0 Å². The molecule has 0 bridgehead atoms. The van der Waals surface area contributed by atoms with E-state index in [1.165, 1.54) is 17.7 Å². The van der Waals surface area contributed by atoms with Gasteiger partial charge in [-0.25, -0.2) is 0 Å². The summed E-state index contributed by atoms with van der Waals surface area (Å²) in [7, 11) is 1.92. The predicted octanol–water partition coefficient (Wildman–Crippen LogP) is 1.85. The van der Waals surface area contributed by atoms with E-state index in [1.807, 2.05) is 7.05 Å². The lowest BCUT2D eigenvalue weighted by molar-refractivity contribution is 0.0789. The highest BCUT2D eigenvalue weighted by Crippen LogP contribution is 2.30. The van der Waals surface area contributed by atoms with E-state index >= 15 is 0 Å². The van der Waals surface area contributed by atoms with Crippen molar-refractivity contribution in [3.8, 4) is 0 Å². The molecule has 0 aliphatic carbocycles. The van der Waals surface area contributed by atoms with Crippen LogP contribution in [0.5, 0.6) is 0 Å². The summed E-state index contributed by atoms with van der Waals surface area (Å²) in [6.07, 6.45) is 4.43. The van der Waals surface area contributed by atoms with Gasteiger partial charge >= 0.3 is 0 Å². The van der Waals surface area contributed by atoms with E-state index in [4.69, 9.17) is 10.5 Å². The standard InChI is InChI=1S/C12H21N3O/c1-3-5-10-11(14-15(2)12(10)13)9-6-4-7-16-8-9/h9H,3-8,13H2,1-2H3. The molecule has 0 radical (unpaired) electrons. The summed E-state index contributed by atoms with van der Waals surface area (Å²) in [6, 6.07) is 0. The largest absolute Gasteiger partial charge is 0.384 e. The molecule has 2 N–H and O–H groups in total. The Morgan fingerprint density at radius 2 is 2.38 bits per heavy atom. The zero-order valence-corrected chi connectivity index (χ0v) is 10.2. The molecule has 1 aromatic rings. The molecule has 1 fully saturated rings. The lowest BCUT2D eigenvalue weighted by Gasteiger charge is -2.21. The van der Waals surface area contributed by atoms with E-state index in [0.29, 0.717) is 5.92 Å². The van der Waals surface area contributed by atoms with Crippen molar-refractivity contribution < 1.29 is 4.74 Å². The normalized spacial score (nSPS) is 21.2. The predicted molar refractivity (Wildman–Crippen MR) is 64.4 cm³/mol. The van der Waals surface area contributed by atoms with Crippen LogP contribution in [0.2, 0.25) is 0 Å². The first-order valence-corrected chi connectivity index (χ1v) is 6.13. The summed E-state index contributed by atoms with van der Waals surface area (Å²) in [6.45, 7) is 3.86. The average Bonchev–Trinajstić information content (AvgIpc) is 2.59. The minimum atomic E-state index is 0.443. The van der Waals surface area contributed by atoms with Gasteiger partial charge in [-0.1, -0.05) is 13.3 Å². The van der Waals surface area contributed by atoms with Crippen LogP contribution >= 0.6 is 0 Å². The molecule has 0 saturated carbocycles. The fourth-order valence-electron chi connectivity index (χ4n) is 2.39. The molecule has 4 nitrogen and oxygen atoms in total. The van der Waals surface area contributed by atoms with E-state index in [0.717, 1.165) is 38.3 Å². The molecule has 1 aliphatic rings. The Morgan fingerprint density at radius 1 is 1.56 bits per heavy atom. The molecular formula is C12H21N3O. The minimum Gasteiger partial charge on any atom is -0.384 e. The van der Waals surface area contributed by atoms with Gasteiger partial charge in [0.1, 0.15) is 5.82 Å². The van der Waals surface area contributed by atoms with Gasteiger partial charge in [0.15, 0.2) is 0 Å². The van der Waals surface area contributed by atoms with Crippen LogP contribution < -0.4 is 5.73 Å². The molecule has 1 atom stereocenters. The summed E-state index contributed by atoms with van der Waals surface area (Å²) in [5, 5.41) is 4.56. The van der Waals surface area contributed by atoms with Crippen molar-refractivity contribution in [2.24, 2.45) is 7.05 Å². The monoisotopic (exact) mass is 223 g/mol. The van der Waals surface area contributed by atoms with Crippen LogP contribution in [0.4, 0.5) is 5.82 Å². The first-order valence-electron chi connectivity index (χ1n) is 6.13. The third-order valence-electron chi connectivity index (χ3n) is 3.27. The number of aryl methyl sites for hydroxylation is 1. The Hall–Kier alpha value is -1.03. The van der Waals surface area contributed by atoms with Gasteiger partial charge in [0.25, 0.3) is 0 Å². The molecule has 1 aromatic heterocycles. The maximum absolute atomic E-state index is 6.06. The zero-order valence-electron chi connectivity index (χ0n) is 10.2. The quantitative estimate of drug-likeness (QED) is 0.850. The number of rotatable bonds is 3. The van der Waals surface area contributed by atoms with Crippen LogP contribution in [0.25, 0.3) is 0 Å². The number of hydrogen-bond acceptors (Lipinski definition) is 3. The Balaban J connectivity index is 2.27. The van der Waals surface area contributed by atoms with E-state index in [2.05, 4.69) is 12.0 Å². The molecule has 1 aliphatic heterocycles. The van der Waals surface area contributed by atoms with Gasteiger partial charge in [-0.05, 0) is 19.3 Å². The molecule has 4 heteroatoms. The number of hydrogen-bond donors (Lipinski definition) is 1. The number of anilines is 1. The number of nitrogen functional groups attached to an aromatic ring is 1. The van der Waals surface area contributed by atoms with Crippen LogP contribution in [0.1, 0.15) is 43.4 Å². The third-order valence-corrected chi connectivity index (χ3v) is 3.27. The van der Waals surface area contributed by atoms with Crippen LogP contribution in [-0.2, 0) is 18.2 Å². The van der Waals surface area contributed by atoms with Crippen LogP contribution in [0.3, 0.4) is 0 Å². The summed E-state index contributed by atoms with van der Waals surface area (Å²) >= 11 is 0. The lowest BCUT2D eigenvalue weighted by Crippen LogP contribution is -2.17. The van der Waals surface area contributed by atoms with Crippen molar-refractivity contribution in [1.82, 2.24) is 9.78 Å². The first kappa shape index (κ1) is 11.5. The van der Waals surface area contributed by atoms with Crippen LogP contribution in [0.15, 0.2) is 0 Å². The number of nitrogens with two attached hydrogens (primary N) is 1. The van der Waals surface area contributed by atoms with Gasteiger partial charge in [-0.15, -0.1) is 0 Å². The van der Waals surface area contributed by atoms with E-state index in [1.54, 1.807) is 4.68 Å². The molecular weight excluding hydrogens is 202 g/mol. The maximum Gasteiger partial charge on any atom is 0.124 e. The second-order valence-corrected chi connectivity index (χ2v) is 4.54. The highest BCUT2D eigenvalue weighted by Gasteiger charge is 2.23. The van der Waals surface area contributed by atoms with Gasteiger partial charge in [-0.2, -0.15) is 5.10 Å². The van der Waals surface area contributed by atoms with Crippen LogP contribution in [-0.4, -0.2) is 23.0 Å². The number of ether oxygens (including phenoxy) is 1. The van der Waals surface area contributed by atoms with Gasteiger partial charge in [0, 0.05) is 25.1 Å². The maximum atomic E-state index is 6.06. The molecule has 2 heterocycles. The molecule has 0 aromatic carbocycles. The van der Waals surface area contributed by atoms with Gasteiger partial charge < -0.3 is 10.5 Å². The summed E-state index contributed by atoms with van der Waals surface area (Å²) in [5.74, 6) is 1.27. The van der Waals surface area contributed by atoms with Gasteiger partial charge in [0.05, 0.1) is 12.3 Å². The first-order chi connectivity index (χ1) is 7.74. The Kier molecular flexibility index (Phi) is 3.49. The van der Waals surface area contributed by atoms with E-state index in [-0.39, 0.29) is 0 Å². The Bertz CT molecular complexity index is 353. The van der Waals surface area contributed by atoms with E-state index in [9.17, 15) is 0 Å². The molecule has 90 valence electrons. The van der Waals surface area contributed by atoms with Crippen molar-refractivity contribution in [3.05, 3.63) is 11.3 Å². The number of aromatic nitrogens is 2. The Labute approximate surface area is 96.8 Å². The summed E-state index contributed by atoms with van der Waals surface area (Å²) < 4.78 is 7.33. The molecule has 16 heavy (non-hydrogen) atoms. The zero-order chi connectivity index (χ0) is 11.5. The van der Waals surface area contributed by atoms with Gasteiger partial charge in [0.2, 0.25) is 0 Å². The second kappa shape index (κ2) is 4.87. The molecule has 2 rings (SSSR count). The molecule has 1 unspecified atom stereocenters. The average molecular weight is 223 g/mol. The molecule has 0 amide bonds.